The van der Waals surface area contributed by atoms with E-state index in [0.717, 1.165) is 24.6 Å². The Bertz CT molecular complexity index is 384. The Labute approximate surface area is 90.3 Å². The zero-order valence-corrected chi connectivity index (χ0v) is 9.87. The molecule has 4 nitrogen and oxygen atoms in total. The Kier molecular flexibility index (Phi) is 4.03. The zero-order valence-electron chi connectivity index (χ0n) is 9.87. The van der Waals surface area contributed by atoms with Crippen molar-refractivity contribution < 1.29 is 0 Å². The normalized spacial score (nSPS) is 12.8. The molecular weight excluding hydrogens is 190 g/mol. The topological polar surface area (TPSA) is 46.9 Å². The molecule has 1 atom stereocenters. The number of hydrogen-bond acceptors (Lipinski definition) is 3. The van der Waals surface area contributed by atoms with Gasteiger partial charge in [0.05, 0.1) is 0 Å². The minimum absolute atomic E-state index is 0.0444. The van der Waals surface area contributed by atoms with E-state index >= 15 is 0 Å². The quantitative estimate of drug-likeness (QED) is 0.794. The first-order valence-corrected chi connectivity index (χ1v) is 5.24. The van der Waals surface area contributed by atoms with Gasteiger partial charge in [-0.2, -0.15) is 0 Å². The molecule has 0 aliphatic rings. The van der Waals surface area contributed by atoms with Crippen molar-refractivity contribution in [3.8, 4) is 0 Å². The second-order valence-corrected chi connectivity index (χ2v) is 4.06. The highest BCUT2D eigenvalue weighted by Crippen LogP contribution is 2.00. The maximum atomic E-state index is 11.7. The maximum absolute atomic E-state index is 11.7. The van der Waals surface area contributed by atoms with Gasteiger partial charge in [-0.15, -0.1) is 0 Å². The van der Waals surface area contributed by atoms with Crippen LogP contribution in [-0.4, -0.2) is 23.1 Å². The molecule has 0 amide bonds. The SMILES string of the molecule is CNCC(C)Cn1c(C)nc(C)cc1=O. The highest BCUT2D eigenvalue weighted by Gasteiger charge is 2.07. The van der Waals surface area contributed by atoms with Crippen molar-refractivity contribution in [3.63, 3.8) is 0 Å². The predicted molar refractivity (Wildman–Crippen MR) is 61.1 cm³/mol. The van der Waals surface area contributed by atoms with E-state index in [9.17, 15) is 4.79 Å². The molecule has 0 spiro atoms. The van der Waals surface area contributed by atoms with E-state index in [2.05, 4.69) is 17.2 Å². The molecule has 0 aliphatic heterocycles. The summed E-state index contributed by atoms with van der Waals surface area (Å²) in [7, 11) is 1.92. The van der Waals surface area contributed by atoms with Crippen LogP contribution in [0.1, 0.15) is 18.4 Å². The van der Waals surface area contributed by atoms with Crippen LogP contribution in [0.3, 0.4) is 0 Å². The summed E-state index contributed by atoms with van der Waals surface area (Å²) in [6.45, 7) is 7.46. The van der Waals surface area contributed by atoms with Crippen LogP contribution in [-0.2, 0) is 6.54 Å². The van der Waals surface area contributed by atoms with E-state index in [1.165, 1.54) is 0 Å². The lowest BCUT2D eigenvalue weighted by Gasteiger charge is -2.14. The summed E-state index contributed by atoms with van der Waals surface area (Å²) in [4.78, 5) is 16.0. The highest BCUT2D eigenvalue weighted by molar-refractivity contribution is 5.01. The zero-order chi connectivity index (χ0) is 11.4. The fraction of sp³-hybridized carbons (Fsp3) is 0.636. The van der Waals surface area contributed by atoms with E-state index < -0.39 is 0 Å². The Morgan fingerprint density at radius 3 is 2.73 bits per heavy atom. The summed E-state index contributed by atoms with van der Waals surface area (Å²) in [5.74, 6) is 1.22. The lowest BCUT2D eigenvalue weighted by molar-refractivity contribution is 0.443. The van der Waals surface area contributed by atoms with Crippen LogP contribution in [0.25, 0.3) is 0 Å². The molecule has 0 aromatic carbocycles. The average Bonchev–Trinajstić information content (AvgIpc) is 2.11. The van der Waals surface area contributed by atoms with Crippen molar-refractivity contribution in [3.05, 3.63) is 27.9 Å². The van der Waals surface area contributed by atoms with E-state index in [0.29, 0.717) is 5.92 Å². The van der Waals surface area contributed by atoms with E-state index in [4.69, 9.17) is 0 Å². The minimum Gasteiger partial charge on any atom is -0.319 e. The first-order valence-electron chi connectivity index (χ1n) is 5.24. The smallest absolute Gasteiger partial charge is 0.253 e. The number of aromatic nitrogens is 2. The van der Waals surface area contributed by atoms with Gasteiger partial charge in [0.25, 0.3) is 5.56 Å². The summed E-state index contributed by atoms with van der Waals surface area (Å²) >= 11 is 0. The summed E-state index contributed by atoms with van der Waals surface area (Å²) < 4.78 is 1.73. The van der Waals surface area contributed by atoms with Crippen molar-refractivity contribution >= 4 is 0 Å². The van der Waals surface area contributed by atoms with Gasteiger partial charge >= 0.3 is 0 Å². The summed E-state index contributed by atoms with van der Waals surface area (Å²) in [6, 6.07) is 1.58. The van der Waals surface area contributed by atoms with Crippen LogP contribution < -0.4 is 10.9 Å². The van der Waals surface area contributed by atoms with E-state index in [1.807, 2.05) is 20.9 Å². The largest absolute Gasteiger partial charge is 0.319 e. The van der Waals surface area contributed by atoms with Gasteiger partial charge in [0.1, 0.15) is 5.82 Å². The fourth-order valence-electron chi connectivity index (χ4n) is 1.71. The van der Waals surface area contributed by atoms with Crippen molar-refractivity contribution in [2.24, 2.45) is 5.92 Å². The second kappa shape index (κ2) is 5.07. The van der Waals surface area contributed by atoms with Crippen LogP contribution in [0.5, 0.6) is 0 Å². The van der Waals surface area contributed by atoms with Gasteiger partial charge in [0, 0.05) is 18.3 Å². The van der Waals surface area contributed by atoms with Crippen LogP contribution >= 0.6 is 0 Å². The van der Waals surface area contributed by atoms with Gasteiger partial charge in [-0.1, -0.05) is 6.92 Å². The molecule has 1 N–H and O–H groups in total. The molecule has 1 heterocycles. The third-order valence-electron chi connectivity index (χ3n) is 2.37. The van der Waals surface area contributed by atoms with Crippen molar-refractivity contribution in [2.75, 3.05) is 13.6 Å². The van der Waals surface area contributed by atoms with Gasteiger partial charge < -0.3 is 5.32 Å². The molecule has 4 heteroatoms. The molecule has 1 unspecified atom stereocenters. The molecule has 0 aliphatic carbocycles. The second-order valence-electron chi connectivity index (χ2n) is 4.06. The molecule has 1 aromatic heterocycles. The molecular formula is C11H19N3O. The third kappa shape index (κ3) is 3.16. The highest BCUT2D eigenvalue weighted by atomic mass is 16.1. The lowest BCUT2D eigenvalue weighted by Crippen LogP contribution is -2.29. The molecule has 0 radical (unpaired) electrons. The Balaban J connectivity index is 2.90. The number of rotatable bonds is 4. The lowest BCUT2D eigenvalue weighted by atomic mass is 10.2. The van der Waals surface area contributed by atoms with E-state index in [-0.39, 0.29) is 5.56 Å². The first kappa shape index (κ1) is 11.9. The van der Waals surface area contributed by atoms with Crippen molar-refractivity contribution in [2.45, 2.75) is 27.3 Å². The standard InChI is InChI=1S/C11H19N3O/c1-8(6-12-4)7-14-10(3)13-9(2)5-11(14)15/h5,8,12H,6-7H2,1-4H3. The average molecular weight is 209 g/mol. The molecule has 0 saturated carbocycles. The number of aryl methyl sites for hydroxylation is 2. The van der Waals surface area contributed by atoms with Crippen LogP contribution in [0.15, 0.2) is 10.9 Å². The molecule has 1 rings (SSSR count). The first-order chi connectivity index (χ1) is 7.04. The van der Waals surface area contributed by atoms with E-state index in [1.54, 1.807) is 10.6 Å². The Morgan fingerprint density at radius 2 is 2.20 bits per heavy atom. The van der Waals surface area contributed by atoms with Gasteiger partial charge in [-0.25, -0.2) is 4.98 Å². The fourth-order valence-corrected chi connectivity index (χ4v) is 1.71. The molecule has 0 fully saturated rings. The summed E-state index contributed by atoms with van der Waals surface area (Å²) in [5.41, 5.74) is 0.831. The number of hydrogen-bond donors (Lipinski definition) is 1. The van der Waals surface area contributed by atoms with Gasteiger partial charge in [0.2, 0.25) is 0 Å². The molecule has 84 valence electrons. The monoisotopic (exact) mass is 209 g/mol. The Morgan fingerprint density at radius 1 is 1.53 bits per heavy atom. The van der Waals surface area contributed by atoms with Crippen LogP contribution in [0, 0.1) is 19.8 Å². The van der Waals surface area contributed by atoms with Gasteiger partial charge in [0.15, 0.2) is 0 Å². The van der Waals surface area contributed by atoms with Crippen molar-refractivity contribution in [1.82, 2.24) is 14.9 Å². The molecule has 0 bridgehead atoms. The third-order valence-corrected chi connectivity index (χ3v) is 2.37. The van der Waals surface area contributed by atoms with Gasteiger partial charge in [-0.05, 0) is 33.4 Å². The predicted octanol–water partition coefficient (Wildman–Crippen LogP) is 0.716. The summed E-state index contributed by atoms with van der Waals surface area (Å²) in [6.07, 6.45) is 0. The molecule has 0 saturated heterocycles. The van der Waals surface area contributed by atoms with Gasteiger partial charge in [-0.3, -0.25) is 9.36 Å². The van der Waals surface area contributed by atoms with Crippen molar-refractivity contribution in [1.29, 1.82) is 0 Å². The number of nitrogens with zero attached hydrogens (tertiary/aromatic N) is 2. The van der Waals surface area contributed by atoms with Crippen LogP contribution in [0.4, 0.5) is 0 Å². The van der Waals surface area contributed by atoms with Crippen LogP contribution in [0.2, 0.25) is 0 Å². The summed E-state index contributed by atoms with van der Waals surface area (Å²) in [5, 5.41) is 3.10. The molecule has 15 heavy (non-hydrogen) atoms. The minimum atomic E-state index is 0.0444. The Hall–Kier alpha value is -1.16. The molecule has 1 aromatic rings. The number of nitrogens with one attached hydrogen (secondary N) is 1. The maximum Gasteiger partial charge on any atom is 0.253 e.